The van der Waals surface area contributed by atoms with E-state index in [2.05, 4.69) is 93.7 Å². The van der Waals surface area contributed by atoms with Gasteiger partial charge in [0.15, 0.2) is 6.10 Å². The Morgan fingerprint density at radius 3 is 0.871 bits per heavy atom. The average molecular weight is 978 g/mol. The van der Waals surface area contributed by atoms with Gasteiger partial charge in [0.1, 0.15) is 13.2 Å². The summed E-state index contributed by atoms with van der Waals surface area (Å²) < 4.78 is 16.8. The van der Waals surface area contributed by atoms with Crippen LogP contribution in [0.15, 0.2) is 72.9 Å². The Balaban J connectivity index is 4.21. The Bertz CT molecular complexity index is 1310. The molecule has 0 aliphatic heterocycles. The van der Waals surface area contributed by atoms with Gasteiger partial charge < -0.3 is 14.2 Å². The molecule has 0 N–H and O–H groups in total. The van der Waals surface area contributed by atoms with Crippen LogP contribution >= 0.6 is 0 Å². The van der Waals surface area contributed by atoms with Gasteiger partial charge in [0, 0.05) is 19.3 Å². The number of carbonyl (C=O) groups excluding carboxylic acids is 3. The van der Waals surface area contributed by atoms with Crippen molar-refractivity contribution >= 4 is 17.9 Å². The van der Waals surface area contributed by atoms with E-state index in [1.807, 2.05) is 0 Å². The number of ether oxygens (including phenoxy) is 3. The molecule has 0 radical (unpaired) electrons. The molecule has 6 heteroatoms. The second-order valence-corrected chi connectivity index (χ2v) is 19.9. The number of hydrogen-bond acceptors (Lipinski definition) is 6. The Morgan fingerprint density at radius 1 is 0.300 bits per heavy atom. The third-order valence-electron chi connectivity index (χ3n) is 13.0. The number of esters is 3. The molecule has 1 unspecified atom stereocenters. The summed E-state index contributed by atoms with van der Waals surface area (Å²) in [5.74, 6) is -0.902. The summed E-state index contributed by atoms with van der Waals surface area (Å²) in [6.07, 6.45) is 75.0. The standard InChI is InChI=1S/C64H112O6/c1-4-7-10-13-16-18-20-22-24-26-28-30-32-34-35-37-39-41-43-45-48-51-54-57-63(66)69-60-61(59-68-62(65)56-53-50-47-15-12-9-6-3)70-64(67)58-55-52-49-46-44-42-40-38-36-33-31-29-27-25-23-21-19-17-14-11-8-5-2/h7,10,16,18,22,24,28,30,34-35,39,41,61H,4-6,8-9,11-15,17,19-21,23,25-27,29,31-33,36-38,40,42-60H2,1-3H3/b10-7-,18-16-,24-22-,30-28-,35-34-,41-39-. The molecule has 0 aromatic heterocycles. The Hall–Kier alpha value is -3.15. The Labute approximate surface area is 433 Å². The lowest BCUT2D eigenvalue weighted by Gasteiger charge is -2.18. The number of hydrogen-bond donors (Lipinski definition) is 0. The van der Waals surface area contributed by atoms with Crippen LogP contribution in [0, 0.1) is 0 Å². The first kappa shape index (κ1) is 66.9. The topological polar surface area (TPSA) is 78.9 Å². The van der Waals surface area contributed by atoms with Crippen LogP contribution in [0.4, 0.5) is 0 Å². The minimum atomic E-state index is -0.782. The van der Waals surface area contributed by atoms with Gasteiger partial charge >= 0.3 is 17.9 Å². The van der Waals surface area contributed by atoms with E-state index in [-0.39, 0.29) is 31.1 Å². The first-order valence-electron chi connectivity index (χ1n) is 29.9. The van der Waals surface area contributed by atoms with Crippen molar-refractivity contribution in [1.29, 1.82) is 0 Å². The largest absolute Gasteiger partial charge is 0.462 e. The van der Waals surface area contributed by atoms with Gasteiger partial charge in [0.2, 0.25) is 0 Å². The number of unbranched alkanes of at least 4 members (excludes halogenated alkanes) is 31. The summed E-state index contributed by atoms with van der Waals surface area (Å²) in [5.41, 5.74) is 0. The third kappa shape index (κ3) is 55.8. The predicted octanol–water partition coefficient (Wildman–Crippen LogP) is 20.2. The van der Waals surface area contributed by atoms with Gasteiger partial charge in [0.05, 0.1) is 0 Å². The maximum atomic E-state index is 12.8. The third-order valence-corrected chi connectivity index (χ3v) is 13.0. The molecule has 0 saturated heterocycles. The lowest BCUT2D eigenvalue weighted by Crippen LogP contribution is -2.30. The van der Waals surface area contributed by atoms with Gasteiger partial charge in [-0.3, -0.25) is 14.4 Å². The highest BCUT2D eigenvalue weighted by Crippen LogP contribution is 2.17. The number of rotatable bonds is 54. The van der Waals surface area contributed by atoms with Crippen molar-refractivity contribution in [2.24, 2.45) is 0 Å². The van der Waals surface area contributed by atoms with Crippen LogP contribution in [-0.2, 0) is 28.6 Å². The Kier molecular flexibility index (Phi) is 55.8. The van der Waals surface area contributed by atoms with Gasteiger partial charge in [-0.1, -0.05) is 280 Å². The molecule has 0 aliphatic rings. The molecular formula is C64H112O6. The summed E-state index contributed by atoms with van der Waals surface area (Å²) in [4.78, 5) is 38.0. The maximum Gasteiger partial charge on any atom is 0.306 e. The smallest absolute Gasteiger partial charge is 0.306 e. The molecule has 0 rings (SSSR count). The summed E-state index contributed by atoms with van der Waals surface area (Å²) >= 11 is 0. The lowest BCUT2D eigenvalue weighted by molar-refractivity contribution is -0.167. The van der Waals surface area contributed by atoms with E-state index < -0.39 is 6.10 Å². The number of allylic oxidation sites excluding steroid dienone is 12. The van der Waals surface area contributed by atoms with E-state index in [0.717, 1.165) is 109 Å². The molecule has 70 heavy (non-hydrogen) atoms. The normalized spacial score (nSPS) is 12.6. The van der Waals surface area contributed by atoms with Crippen LogP contribution < -0.4 is 0 Å². The molecule has 0 bridgehead atoms. The van der Waals surface area contributed by atoms with Gasteiger partial charge in [-0.05, 0) is 70.6 Å². The molecule has 1 atom stereocenters. The molecule has 0 spiro atoms. The summed E-state index contributed by atoms with van der Waals surface area (Å²) in [5, 5.41) is 0. The second kappa shape index (κ2) is 58.4. The summed E-state index contributed by atoms with van der Waals surface area (Å²) in [7, 11) is 0. The Morgan fingerprint density at radius 2 is 0.557 bits per heavy atom. The molecule has 0 saturated carbocycles. The highest BCUT2D eigenvalue weighted by molar-refractivity contribution is 5.71. The summed E-state index contributed by atoms with van der Waals surface area (Å²) in [6.45, 7) is 6.49. The van der Waals surface area contributed by atoms with E-state index >= 15 is 0 Å². The van der Waals surface area contributed by atoms with Crippen molar-refractivity contribution in [3.63, 3.8) is 0 Å². The van der Waals surface area contributed by atoms with E-state index in [1.54, 1.807) is 0 Å². The van der Waals surface area contributed by atoms with Crippen LogP contribution in [0.2, 0.25) is 0 Å². The number of carbonyl (C=O) groups is 3. The molecular weight excluding hydrogens is 865 g/mol. The van der Waals surface area contributed by atoms with Crippen LogP contribution in [0.3, 0.4) is 0 Å². The second-order valence-electron chi connectivity index (χ2n) is 19.9. The fourth-order valence-electron chi connectivity index (χ4n) is 8.51. The van der Waals surface area contributed by atoms with Crippen molar-refractivity contribution in [1.82, 2.24) is 0 Å². The van der Waals surface area contributed by atoms with Crippen molar-refractivity contribution in [3.8, 4) is 0 Å². The zero-order valence-corrected chi connectivity index (χ0v) is 46.3. The predicted molar refractivity (Wildman–Crippen MR) is 302 cm³/mol. The SMILES string of the molecule is CC/C=C\C/C=C\C/C=C\C/C=C\C/C=C\C/C=C\CCCCCCC(=O)OCC(COC(=O)CCCCCCCCC)OC(=O)CCCCCCCCCCCCCCCCCCCCCCCC. The first-order chi connectivity index (χ1) is 34.5. The minimum Gasteiger partial charge on any atom is -0.462 e. The fraction of sp³-hybridized carbons (Fsp3) is 0.766. The average Bonchev–Trinajstić information content (AvgIpc) is 3.36. The summed E-state index contributed by atoms with van der Waals surface area (Å²) in [6, 6.07) is 0. The molecule has 0 aromatic rings. The molecule has 404 valence electrons. The van der Waals surface area contributed by atoms with Crippen molar-refractivity contribution < 1.29 is 28.6 Å². The molecule has 0 amide bonds. The fourth-order valence-corrected chi connectivity index (χ4v) is 8.51. The van der Waals surface area contributed by atoms with Crippen molar-refractivity contribution in [3.05, 3.63) is 72.9 Å². The van der Waals surface area contributed by atoms with Crippen LogP contribution in [-0.4, -0.2) is 37.2 Å². The minimum absolute atomic E-state index is 0.0810. The van der Waals surface area contributed by atoms with E-state index in [9.17, 15) is 14.4 Å². The zero-order valence-electron chi connectivity index (χ0n) is 46.3. The van der Waals surface area contributed by atoms with Gasteiger partial charge in [-0.25, -0.2) is 0 Å². The lowest BCUT2D eigenvalue weighted by atomic mass is 10.0. The molecule has 6 nitrogen and oxygen atoms in total. The first-order valence-corrected chi connectivity index (χ1v) is 29.9. The van der Waals surface area contributed by atoms with Gasteiger partial charge in [-0.2, -0.15) is 0 Å². The highest BCUT2D eigenvalue weighted by atomic mass is 16.6. The van der Waals surface area contributed by atoms with Gasteiger partial charge in [0.25, 0.3) is 0 Å². The quantitative estimate of drug-likeness (QED) is 0.0261. The maximum absolute atomic E-state index is 12.8. The van der Waals surface area contributed by atoms with E-state index in [1.165, 1.54) is 148 Å². The highest BCUT2D eigenvalue weighted by Gasteiger charge is 2.19. The molecule has 0 heterocycles. The van der Waals surface area contributed by atoms with Gasteiger partial charge in [-0.15, -0.1) is 0 Å². The van der Waals surface area contributed by atoms with Crippen molar-refractivity contribution in [2.45, 2.75) is 303 Å². The van der Waals surface area contributed by atoms with E-state index in [4.69, 9.17) is 14.2 Å². The molecule has 0 aliphatic carbocycles. The van der Waals surface area contributed by atoms with Crippen LogP contribution in [0.1, 0.15) is 297 Å². The van der Waals surface area contributed by atoms with Crippen LogP contribution in [0.25, 0.3) is 0 Å². The van der Waals surface area contributed by atoms with Crippen LogP contribution in [0.5, 0.6) is 0 Å². The van der Waals surface area contributed by atoms with Crippen molar-refractivity contribution in [2.75, 3.05) is 13.2 Å². The zero-order chi connectivity index (χ0) is 50.7. The monoisotopic (exact) mass is 977 g/mol. The molecule has 0 aromatic carbocycles. The van der Waals surface area contributed by atoms with E-state index in [0.29, 0.717) is 19.3 Å². The molecule has 0 fully saturated rings.